The van der Waals surface area contributed by atoms with Crippen LogP contribution in [-0.2, 0) is 0 Å². The second kappa shape index (κ2) is 7.12. The zero-order valence-electron chi connectivity index (χ0n) is 15.2. The summed E-state index contributed by atoms with van der Waals surface area (Å²) in [5.74, 6) is 0.331. The number of fused-ring (bicyclic) bond motifs is 2. The molecule has 2 saturated heterocycles. The molecule has 0 saturated carbocycles. The van der Waals surface area contributed by atoms with E-state index in [1.165, 1.54) is 18.4 Å². The van der Waals surface area contributed by atoms with E-state index in [0.717, 1.165) is 18.6 Å². The average molecular weight is 350 g/mol. The van der Waals surface area contributed by atoms with Gasteiger partial charge in [-0.05, 0) is 56.4 Å². The number of carbonyl (C=O) groups is 1. The zero-order valence-corrected chi connectivity index (χ0v) is 15.2. The van der Waals surface area contributed by atoms with Gasteiger partial charge in [-0.3, -0.25) is 9.69 Å². The lowest BCUT2D eigenvalue weighted by molar-refractivity contribution is 0.0254. The Balaban J connectivity index is 1.45. The second-order valence-corrected chi connectivity index (χ2v) is 7.52. The van der Waals surface area contributed by atoms with E-state index in [1.54, 1.807) is 12.1 Å². The highest BCUT2D eigenvalue weighted by atomic mass is 16.5. The third-order valence-corrected chi connectivity index (χ3v) is 5.90. The van der Waals surface area contributed by atoms with Gasteiger partial charge in [-0.2, -0.15) is 0 Å². The summed E-state index contributed by atoms with van der Waals surface area (Å²) in [5, 5.41) is 0. The molecule has 4 atom stereocenters. The van der Waals surface area contributed by atoms with E-state index >= 15 is 0 Å². The molecule has 136 valence electrons. The molecule has 2 aliphatic heterocycles. The number of primary amides is 1. The standard InChI is InChI=1S/C22H26N2O2/c1-15(16-6-3-2-4-7-16)24-18-10-11-19(24)14-21(13-18)26-20-9-5-8-17(12-20)22(23)25/h2-9,12,15,18-19,21H,10-11,13-14H2,1H3,(H2,23,25)/t15?,18-,19+,21?. The van der Waals surface area contributed by atoms with Crippen LogP contribution in [0.5, 0.6) is 5.75 Å². The summed E-state index contributed by atoms with van der Waals surface area (Å²) in [5.41, 5.74) is 7.26. The Labute approximate surface area is 155 Å². The monoisotopic (exact) mass is 350 g/mol. The summed E-state index contributed by atoms with van der Waals surface area (Å²) in [7, 11) is 0. The Morgan fingerprint density at radius 1 is 1.08 bits per heavy atom. The average Bonchev–Trinajstić information content (AvgIpc) is 2.92. The van der Waals surface area contributed by atoms with Crippen LogP contribution < -0.4 is 10.5 Å². The zero-order chi connectivity index (χ0) is 18.1. The minimum absolute atomic E-state index is 0.204. The van der Waals surface area contributed by atoms with Gasteiger partial charge in [0, 0.05) is 23.7 Å². The molecular weight excluding hydrogens is 324 g/mol. The molecule has 0 radical (unpaired) electrons. The Bertz CT molecular complexity index is 763. The molecule has 2 aromatic carbocycles. The first-order valence-corrected chi connectivity index (χ1v) is 9.50. The molecule has 2 fully saturated rings. The summed E-state index contributed by atoms with van der Waals surface area (Å²) < 4.78 is 6.23. The largest absolute Gasteiger partial charge is 0.490 e. The minimum atomic E-state index is -0.415. The van der Waals surface area contributed by atoms with Crippen LogP contribution >= 0.6 is 0 Å². The molecule has 0 spiro atoms. The fourth-order valence-electron chi connectivity index (χ4n) is 4.71. The van der Waals surface area contributed by atoms with E-state index in [1.807, 2.05) is 12.1 Å². The fraction of sp³-hybridized carbons (Fsp3) is 0.409. The molecule has 1 amide bonds. The van der Waals surface area contributed by atoms with E-state index < -0.39 is 5.91 Å². The van der Waals surface area contributed by atoms with E-state index in [9.17, 15) is 4.79 Å². The molecule has 2 heterocycles. The number of carbonyl (C=O) groups excluding carboxylic acids is 1. The highest BCUT2D eigenvalue weighted by Crippen LogP contribution is 2.42. The van der Waals surface area contributed by atoms with Gasteiger partial charge in [0.05, 0.1) is 0 Å². The van der Waals surface area contributed by atoms with Crippen LogP contribution in [0.2, 0.25) is 0 Å². The number of nitrogens with zero attached hydrogens (tertiary/aromatic N) is 1. The summed E-state index contributed by atoms with van der Waals surface area (Å²) in [4.78, 5) is 14.1. The molecule has 4 heteroatoms. The summed E-state index contributed by atoms with van der Waals surface area (Å²) in [6.45, 7) is 2.32. The molecule has 0 aliphatic carbocycles. The molecular formula is C22H26N2O2. The number of nitrogens with two attached hydrogens (primary N) is 1. The molecule has 4 nitrogen and oxygen atoms in total. The van der Waals surface area contributed by atoms with Gasteiger partial charge in [-0.15, -0.1) is 0 Å². The Morgan fingerprint density at radius 2 is 1.77 bits per heavy atom. The van der Waals surface area contributed by atoms with Gasteiger partial charge in [0.1, 0.15) is 11.9 Å². The molecule has 2 aliphatic rings. The van der Waals surface area contributed by atoms with Gasteiger partial charge in [0.15, 0.2) is 0 Å². The first kappa shape index (κ1) is 17.1. The van der Waals surface area contributed by atoms with Crippen molar-refractivity contribution in [2.75, 3.05) is 0 Å². The van der Waals surface area contributed by atoms with Gasteiger partial charge in [0.2, 0.25) is 5.91 Å². The van der Waals surface area contributed by atoms with Crippen molar-refractivity contribution in [3.8, 4) is 5.75 Å². The lowest BCUT2D eigenvalue weighted by Crippen LogP contribution is -2.47. The van der Waals surface area contributed by atoms with E-state index in [2.05, 4.69) is 42.2 Å². The van der Waals surface area contributed by atoms with Crippen LogP contribution in [0.3, 0.4) is 0 Å². The molecule has 26 heavy (non-hydrogen) atoms. The summed E-state index contributed by atoms with van der Waals surface area (Å²) >= 11 is 0. The van der Waals surface area contributed by atoms with E-state index in [4.69, 9.17) is 10.5 Å². The lowest BCUT2D eigenvalue weighted by atomic mass is 9.95. The molecule has 0 aromatic heterocycles. The van der Waals surface area contributed by atoms with Crippen molar-refractivity contribution in [3.05, 3.63) is 65.7 Å². The number of hydrogen-bond acceptors (Lipinski definition) is 3. The number of rotatable bonds is 5. The smallest absolute Gasteiger partial charge is 0.248 e. The van der Waals surface area contributed by atoms with Crippen LogP contribution in [0.15, 0.2) is 54.6 Å². The van der Waals surface area contributed by atoms with Crippen molar-refractivity contribution in [1.29, 1.82) is 0 Å². The third-order valence-electron chi connectivity index (χ3n) is 5.90. The quantitative estimate of drug-likeness (QED) is 0.889. The van der Waals surface area contributed by atoms with Crippen molar-refractivity contribution < 1.29 is 9.53 Å². The number of amides is 1. The highest BCUT2D eigenvalue weighted by molar-refractivity contribution is 5.93. The number of piperidine rings is 1. The number of ether oxygens (including phenoxy) is 1. The topological polar surface area (TPSA) is 55.6 Å². The van der Waals surface area contributed by atoms with Gasteiger partial charge < -0.3 is 10.5 Å². The Morgan fingerprint density at radius 3 is 2.42 bits per heavy atom. The van der Waals surface area contributed by atoms with Crippen molar-refractivity contribution >= 4 is 5.91 Å². The van der Waals surface area contributed by atoms with Crippen LogP contribution in [0.4, 0.5) is 0 Å². The van der Waals surface area contributed by atoms with Crippen LogP contribution in [-0.4, -0.2) is 29.0 Å². The van der Waals surface area contributed by atoms with Gasteiger partial charge in [-0.1, -0.05) is 36.4 Å². The normalized spacial score (nSPS) is 26.4. The second-order valence-electron chi connectivity index (χ2n) is 7.52. The Hall–Kier alpha value is -2.33. The van der Waals surface area contributed by atoms with Crippen LogP contribution in [0, 0.1) is 0 Å². The third kappa shape index (κ3) is 3.34. The van der Waals surface area contributed by atoms with Gasteiger partial charge in [-0.25, -0.2) is 0 Å². The highest BCUT2D eigenvalue weighted by Gasteiger charge is 2.43. The van der Waals surface area contributed by atoms with Gasteiger partial charge in [0.25, 0.3) is 0 Å². The fourth-order valence-corrected chi connectivity index (χ4v) is 4.71. The molecule has 2 aromatic rings. The summed E-state index contributed by atoms with van der Waals surface area (Å²) in [6, 6.07) is 19.5. The molecule has 2 bridgehead atoms. The van der Waals surface area contributed by atoms with Crippen molar-refractivity contribution in [2.24, 2.45) is 5.73 Å². The van der Waals surface area contributed by atoms with Crippen LogP contribution in [0.25, 0.3) is 0 Å². The maximum absolute atomic E-state index is 11.4. The minimum Gasteiger partial charge on any atom is -0.490 e. The van der Waals surface area contributed by atoms with Crippen molar-refractivity contribution in [1.82, 2.24) is 4.90 Å². The molecule has 2 unspecified atom stereocenters. The lowest BCUT2D eigenvalue weighted by Gasteiger charge is -2.42. The maximum atomic E-state index is 11.4. The maximum Gasteiger partial charge on any atom is 0.248 e. The van der Waals surface area contributed by atoms with Gasteiger partial charge >= 0.3 is 0 Å². The number of benzene rings is 2. The summed E-state index contributed by atoms with van der Waals surface area (Å²) in [6.07, 6.45) is 4.75. The molecule has 4 rings (SSSR count). The first-order chi connectivity index (χ1) is 12.6. The van der Waals surface area contributed by atoms with Crippen molar-refractivity contribution in [2.45, 2.75) is 56.8 Å². The predicted octanol–water partition coefficient (Wildman–Crippen LogP) is 3.92. The van der Waals surface area contributed by atoms with E-state index in [0.29, 0.717) is 23.7 Å². The van der Waals surface area contributed by atoms with Crippen LogP contribution in [0.1, 0.15) is 54.6 Å². The predicted molar refractivity (Wildman–Crippen MR) is 102 cm³/mol. The molecule has 2 N–H and O–H groups in total. The van der Waals surface area contributed by atoms with E-state index in [-0.39, 0.29) is 6.10 Å². The van der Waals surface area contributed by atoms with Crippen molar-refractivity contribution in [3.63, 3.8) is 0 Å². The SMILES string of the molecule is CC(c1ccccc1)N1[C@@H]2CC[C@H]1CC(Oc1cccc(C(N)=O)c1)C2. The number of hydrogen-bond donors (Lipinski definition) is 1. The Kier molecular flexibility index (Phi) is 4.68. The first-order valence-electron chi connectivity index (χ1n) is 9.50.